The first-order valence-electron chi connectivity index (χ1n) is 6.66. The summed E-state index contributed by atoms with van der Waals surface area (Å²) in [5, 5.41) is 21.8. The van der Waals surface area contributed by atoms with Crippen molar-refractivity contribution in [2.45, 2.75) is 24.9 Å². The predicted octanol–water partition coefficient (Wildman–Crippen LogP) is 0.735. The first-order valence-corrected chi connectivity index (χ1v) is 6.66. The Morgan fingerprint density at radius 2 is 2.05 bits per heavy atom. The number of carbonyl (C=O) groups is 2. The molecule has 3 N–H and O–H groups in total. The van der Waals surface area contributed by atoms with E-state index in [2.05, 4.69) is 10.3 Å². The van der Waals surface area contributed by atoms with Gasteiger partial charge in [0.2, 0.25) is 0 Å². The van der Waals surface area contributed by atoms with Gasteiger partial charge < -0.3 is 10.2 Å². The molecule has 6 heteroatoms. The Hall–Kier alpha value is -1.95. The number of fused-ring (bicyclic) bond motifs is 1. The van der Waals surface area contributed by atoms with Crippen LogP contribution in [0.5, 0.6) is 0 Å². The highest BCUT2D eigenvalue weighted by molar-refractivity contribution is 5.85. The van der Waals surface area contributed by atoms with Crippen molar-refractivity contribution in [1.29, 1.82) is 0 Å². The topological polar surface area (TPSA) is 99.5 Å². The van der Waals surface area contributed by atoms with Crippen LogP contribution >= 0.6 is 0 Å². The molecular formula is C14H16N2O4. The summed E-state index contributed by atoms with van der Waals surface area (Å²) >= 11 is 0. The highest BCUT2D eigenvalue weighted by Crippen LogP contribution is 2.62. The zero-order valence-corrected chi connectivity index (χ0v) is 10.8. The molecule has 4 atom stereocenters. The summed E-state index contributed by atoms with van der Waals surface area (Å²) in [5.74, 6) is -2.61. The molecule has 0 spiro atoms. The van der Waals surface area contributed by atoms with Gasteiger partial charge in [-0.3, -0.25) is 19.9 Å². The van der Waals surface area contributed by atoms with Gasteiger partial charge >= 0.3 is 11.9 Å². The van der Waals surface area contributed by atoms with Crippen molar-refractivity contribution in [1.82, 2.24) is 10.3 Å². The second-order valence-corrected chi connectivity index (χ2v) is 5.58. The standard InChI is InChI=1S/C14H16N2O4/c17-12(18)10-9-1-4-14(11(9)10,13(19)20)16-7-8-2-5-15-6-3-8/h2-3,5-6,9-11,16H,1,4,7H2,(H,17,18)(H,19,20). The lowest BCUT2D eigenvalue weighted by Gasteiger charge is -2.28. The molecule has 1 aromatic heterocycles. The van der Waals surface area contributed by atoms with Crippen molar-refractivity contribution >= 4 is 11.9 Å². The van der Waals surface area contributed by atoms with E-state index in [1.54, 1.807) is 12.4 Å². The van der Waals surface area contributed by atoms with Crippen molar-refractivity contribution in [2.75, 3.05) is 0 Å². The molecule has 3 rings (SSSR count). The largest absolute Gasteiger partial charge is 0.481 e. The normalized spacial score (nSPS) is 34.5. The smallest absolute Gasteiger partial charge is 0.324 e. The fourth-order valence-electron chi connectivity index (χ4n) is 3.59. The minimum absolute atomic E-state index is 0.00791. The molecule has 2 fully saturated rings. The van der Waals surface area contributed by atoms with Crippen molar-refractivity contribution in [3.8, 4) is 0 Å². The third-order valence-corrected chi connectivity index (χ3v) is 4.63. The maximum Gasteiger partial charge on any atom is 0.324 e. The number of aliphatic carboxylic acids is 2. The number of nitrogens with one attached hydrogen (secondary N) is 1. The fraction of sp³-hybridized carbons (Fsp3) is 0.500. The molecule has 0 radical (unpaired) electrons. The molecule has 106 valence electrons. The third-order valence-electron chi connectivity index (χ3n) is 4.63. The fourth-order valence-corrected chi connectivity index (χ4v) is 3.59. The molecule has 2 aliphatic carbocycles. The number of nitrogens with zero attached hydrogens (tertiary/aromatic N) is 1. The van der Waals surface area contributed by atoms with E-state index < -0.39 is 23.4 Å². The SMILES string of the molecule is O=C(O)C1C2CCC(NCc3ccncc3)(C(=O)O)C21. The van der Waals surface area contributed by atoms with Crippen LogP contribution in [-0.4, -0.2) is 32.7 Å². The Morgan fingerprint density at radius 3 is 2.60 bits per heavy atom. The van der Waals surface area contributed by atoms with Crippen molar-refractivity contribution < 1.29 is 19.8 Å². The van der Waals surface area contributed by atoms with Crippen molar-refractivity contribution in [3.63, 3.8) is 0 Å². The van der Waals surface area contributed by atoms with Gasteiger partial charge in [0.25, 0.3) is 0 Å². The maximum atomic E-state index is 11.7. The van der Waals surface area contributed by atoms with Gasteiger partial charge in [-0.25, -0.2) is 0 Å². The number of carboxylic acids is 2. The molecule has 2 aliphatic rings. The number of rotatable bonds is 5. The first-order chi connectivity index (χ1) is 9.56. The Kier molecular flexibility index (Phi) is 2.97. The van der Waals surface area contributed by atoms with Crippen LogP contribution in [-0.2, 0) is 16.1 Å². The number of carboxylic acid groups (broad SMARTS) is 2. The van der Waals surface area contributed by atoms with E-state index in [4.69, 9.17) is 5.11 Å². The molecule has 0 aliphatic heterocycles. The minimum atomic E-state index is -1.10. The van der Waals surface area contributed by atoms with Crippen LogP contribution < -0.4 is 5.32 Å². The Labute approximate surface area is 115 Å². The average Bonchev–Trinajstić information content (AvgIpc) is 3.05. The quantitative estimate of drug-likeness (QED) is 0.733. The van der Waals surface area contributed by atoms with Gasteiger partial charge in [0.05, 0.1) is 5.92 Å². The Bertz CT molecular complexity index is 547. The molecule has 20 heavy (non-hydrogen) atoms. The van der Waals surface area contributed by atoms with E-state index in [0.29, 0.717) is 19.4 Å². The van der Waals surface area contributed by atoms with Gasteiger partial charge in [0.15, 0.2) is 0 Å². The lowest BCUT2D eigenvalue weighted by molar-refractivity contribution is -0.147. The molecule has 6 nitrogen and oxygen atoms in total. The van der Waals surface area contributed by atoms with E-state index >= 15 is 0 Å². The zero-order valence-electron chi connectivity index (χ0n) is 10.8. The van der Waals surface area contributed by atoms with Gasteiger partial charge in [-0.15, -0.1) is 0 Å². The molecular weight excluding hydrogens is 260 g/mol. The zero-order chi connectivity index (χ0) is 14.3. The molecule has 1 heterocycles. The summed E-state index contributed by atoms with van der Waals surface area (Å²) in [6, 6.07) is 3.63. The molecule has 2 saturated carbocycles. The van der Waals surface area contributed by atoms with Crippen LogP contribution in [0.15, 0.2) is 24.5 Å². The number of pyridine rings is 1. The summed E-state index contributed by atoms with van der Waals surface area (Å²) < 4.78 is 0. The van der Waals surface area contributed by atoms with Gasteiger partial charge in [0.1, 0.15) is 5.54 Å². The van der Waals surface area contributed by atoms with Crippen molar-refractivity contribution in [2.24, 2.45) is 17.8 Å². The van der Waals surface area contributed by atoms with Crippen LogP contribution in [0.1, 0.15) is 18.4 Å². The Balaban J connectivity index is 1.77. The first kappa shape index (κ1) is 13.1. The van der Waals surface area contributed by atoms with Crippen LogP contribution in [0.3, 0.4) is 0 Å². The van der Waals surface area contributed by atoms with E-state index in [9.17, 15) is 14.7 Å². The monoisotopic (exact) mass is 276 g/mol. The predicted molar refractivity (Wildman–Crippen MR) is 68.8 cm³/mol. The van der Waals surface area contributed by atoms with Gasteiger partial charge in [-0.1, -0.05) is 0 Å². The lowest BCUT2D eigenvalue weighted by atomic mass is 9.90. The summed E-state index contributed by atoms with van der Waals surface area (Å²) in [6.45, 7) is 0.407. The minimum Gasteiger partial charge on any atom is -0.481 e. The van der Waals surface area contributed by atoms with E-state index in [1.807, 2.05) is 12.1 Å². The number of aromatic nitrogens is 1. The van der Waals surface area contributed by atoms with Gasteiger partial charge in [0, 0.05) is 24.9 Å². The molecule has 0 saturated heterocycles. The van der Waals surface area contributed by atoms with Crippen LogP contribution in [0.25, 0.3) is 0 Å². The van der Waals surface area contributed by atoms with E-state index in [1.165, 1.54) is 0 Å². The number of hydrogen-bond acceptors (Lipinski definition) is 4. The maximum absolute atomic E-state index is 11.7. The highest BCUT2D eigenvalue weighted by Gasteiger charge is 2.71. The molecule has 0 aromatic carbocycles. The molecule has 0 amide bonds. The summed E-state index contributed by atoms with van der Waals surface area (Å²) in [4.78, 5) is 26.7. The highest BCUT2D eigenvalue weighted by atomic mass is 16.4. The van der Waals surface area contributed by atoms with E-state index in [0.717, 1.165) is 5.56 Å². The Morgan fingerprint density at radius 1 is 1.35 bits per heavy atom. The molecule has 4 unspecified atom stereocenters. The van der Waals surface area contributed by atoms with Crippen LogP contribution in [0.2, 0.25) is 0 Å². The summed E-state index contributed by atoms with van der Waals surface area (Å²) in [5.41, 5.74) is -0.159. The lowest BCUT2D eigenvalue weighted by Crippen LogP contribution is -2.53. The molecule has 1 aromatic rings. The van der Waals surface area contributed by atoms with E-state index in [-0.39, 0.29) is 11.8 Å². The molecule has 0 bridgehead atoms. The third kappa shape index (κ3) is 1.87. The summed E-state index contributed by atoms with van der Waals surface area (Å²) in [6.07, 6.45) is 4.46. The van der Waals surface area contributed by atoms with Gasteiger partial charge in [-0.05, 0) is 36.5 Å². The van der Waals surface area contributed by atoms with Crippen LogP contribution in [0, 0.1) is 17.8 Å². The second kappa shape index (κ2) is 4.56. The number of hydrogen-bond donors (Lipinski definition) is 3. The van der Waals surface area contributed by atoms with Crippen molar-refractivity contribution in [3.05, 3.63) is 30.1 Å². The van der Waals surface area contributed by atoms with Crippen LogP contribution in [0.4, 0.5) is 0 Å². The summed E-state index contributed by atoms with van der Waals surface area (Å²) in [7, 11) is 0. The van der Waals surface area contributed by atoms with Gasteiger partial charge in [-0.2, -0.15) is 0 Å². The second-order valence-electron chi connectivity index (χ2n) is 5.58. The average molecular weight is 276 g/mol.